The number of aliphatic hydroxyl groups excluding tert-OH is 3. The lowest BCUT2D eigenvalue weighted by Crippen LogP contribution is -2.66. The molecule has 0 amide bonds. The van der Waals surface area contributed by atoms with Gasteiger partial charge in [0, 0.05) is 0 Å². The fourth-order valence-corrected chi connectivity index (χ4v) is 2.80. The Labute approximate surface area is 120 Å². The van der Waals surface area contributed by atoms with Crippen molar-refractivity contribution in [2.24, 2.45) is 5.41 Å². The zero-order valence-electron chi connectivity index (χ0n) is 11.2. The first-order valence-corrected chi connectivity index (χ1v) is 6.39. The minimum atomic E-state index is -2.26. The summed E-state index contributed by atoms with van der Waals surface area (Å²) < 4.78 is 5.07. The normalized spacial score (nSPS) is 34.6. The molecule has 1 unspecified atom stereocenters. The molecule has 5 atom stereocenters. The number of ketones is 3. The van der Waals surface area contributed by atoms with E-state index in [1.807, 2.05) is 0 Å². The molecule has 0 aromatic heterocycles. The van der Waals surface area contributed by atoms with E-state index in [2.05, 4.69) is 0 Å². The predicted molar refractivity (Wildman–Crippen MR) is 67.0 cm³/mol. The highest BCUT2D eigenvalue weighted by Crippen LogP contribution is 2.37. The number of carbonyl (C=O) groups excluding carboxylic acids is 3. The molecule has 1 heterocycles. The Bertz CT molecular complexity index is 399. The van der Waals surface area contributed by atoms with Crippen LogP contribution in [0.15, 0.2) is 0 Å². The summed E-state index contributed by atoms with van der Waals surface area (Å²) in [6, 6.07) is 0. The van der Waals surface area contributed by atoms with E-state index in [0.29, 0.717) is 0 Å². The maximum atomic E-state index is 11.9. The largest absolute Gasteiger partial charge is 0.388 e. The molecule has 1 aliphatic heterocycles. The molecule has 7 nitrogen and oxygen atoms in total. The van der Waals surface area contributed by atoms with Crippen LogP contribution in [0.1, 0.15) is 20.8 Å². The Kier molecular flexibility index (Phi) is 5.04. The van der Waals surface area contributed by atoms with Gasteiger partial charge in [0.1, 0.15) is 24.4 Å². The first kappa shape index (κ1) is 17.2. The van der Waals surface area contributed by atoms with E-state index in [0.717, 1.165) is 20.8 Å². The first-order chi connectivity index (χ1) is 9.08. The summed E-state index contributed by atoms with van der Waals surface area (Å²) in [5, 5.41) is 29.1. The minimum absolute atomic E-state index is 0.825. The Hall–Kier alpha value is -0.860. The third kappa shape index (κ3) is 2.40. The highest BCUT2D eigenvalue weighted by Gasteiger charge is 2.60. The van der Waals surface area contributed by atoms with Crippen molar-refractivity contribution >= 4 is 29.0 Å². The zero-order chi connectivity index (χ0) is 15.8. The van der Waals surface area contributed by atoms with Gasteiger partial charge in [-0.15, -0.1) is 0 Å². The molecule has 0 aromatic rings. The number of carbonyl (C=O) groups is 3. The Balaban J connectivity index is 3.38. The number of alkyl halides is 1. The SMILES string of the molecule is CC(=O)C(C(C)=O)(C(C)=O)[C@@H]1OC(Cl)[C@@H](O)[C@H](O)[C@@H]1O. The molecule has 0 bridgehead atoms. The van der Waals surface area contributed by atoms with E-state index >= 15 is 0 Å². The smallest absolute Gasteiger partial charge is 0.173 e. The molecule has 0 spiro atoms. The molecule has 114 valence electrons. The second kappa shape index (κ2) is 5.87. The summed E-state index contributed by atoms with van der Waals surface area (Å²) >= 11 is 5.66. The van der Waals surface area contributed by atoms with Crippen molar-refractivity contribution in [3.63, 3.8) is 0 Å². The number of ether oxygens (including phenoxy) is 1. The van der Waals surface area contributed by atoms with Crippen LogP contribution < -0.4 is 0 Å². The summed E-state index contributed by atoms with van der Waals surface area (Å²) in [6.45, 7) is 3.04. The van der Waals surface area contributed by atoms with Gasteiger partial charge in [0.25, 0.3) is 0 Å². The average molecular weight is 309 g/mol. The third-order valence-electron chi connectivity index (χ3n) is 3.65. The molecule has 1 rings (SSSR count). The molecule has 0 radical (unpaired) electrons. The second-order valence-corrected chi connectivity index (χ2v) is 5.29. The first-order valence-electron chi connectivity index (χ1n) is 5.95. The van der Waals surface area contributed by atoms with Crippen LogP contribution in [0.4, 0.5) is 0 Å². The lowest BCUT2D eigenvalue weighted by molar-refractivity contribution is -0.225. The maximum Gasteiger partial charge on any atom is 0.173 e. The summed E-state index contributed by atoms with van der Waals surface area (Å²) in [5.74, 6) is -2.47. The van der Waals surface area contributed by atoms with Crippen molar-refractivity contribution in [1.82, 2.24) is 0 Å². The van der Waals surface area contributed by atoms with Gasteiger partial charge in [-0.1, -0.05) is 11.6 Å². The van der Waals surface area contributed by atoms with Crippen LogP contribution in [0.2, 0.25) is 0 Å². The summed E-state index contributed by atoms with van der Waals surface area (Å²) in [5.41, 5.74) is -3.72. The molecule has 1 saturated heterocycles. The van der Waals surface area contributed by atoms with Crippen LogP contribution >= 0.6 is 11.6 Å². The molecule has 0 aromatic carbocycles. The second-order valence-electron chi connectivity index (χ2n) is 4.86. The summed E-state index contributed by atoms with van der Waals surface area (Å²) in [4.78, 5) is 35.6. The third-order valence-corrected chi connectivity index (χ3v) is 4.01. The number of rotatable bonds is 4. The standard InChI is InChI=1S/C12H17ClO7/c1-4(14)12(5(2)15,6(3)16)10-8(18)7(17)9(19)11(13)20-10/h7-11,17-19H,1-3H3/t7-,8+,9+,10-,11?/m1/s1. The van der Waals surface area contributed by atoms with Crippen molar-refractivity contribution in [3.05, 3.63) is 0 Å². The van der Waals surface area contributed by atoms with Gasteiger partial charge >= 0.3 is 0 Å². The quantitative estimate of drug-likeness (QED) is 0.440. The van der Waals surface area contributed by atoms with Gasteiger partial charge in [0.05, 0.1) is 0 Å². The van der Waals surface area contributed by atoms with Gasteiger partial charge in [0.2, 0.25) is 0 Å². The number of Topliss-reactive ketones (excluding diaryl/α,β-unsaturated/α-hetero) is 3. The van der Waals surface area contributed by atoms with Gasteiger partial charge < -0.3 is 20.1 Å². The van der Waals surface area contributed by atoms with Crippen LogP contribution in [-0.2, 0) is 19.1 Å². The number of hydrogen-bond acceptors (Lipinski definition) is 7. The topological polar surface area (TPSA) is 121 Å². The van der Waals surface area contributed by atoms with Gasteiger partial charge in [-0.25, -0.2) is 0 Å². The molecule has 0 aliphatic carbocycles. The molecule has 1 fully saturated rings. The fourth-order valence-electron chi connectivity index (χ4n) is 2.54. The van der Waals surface area contributed by atoms with Crippen LogP contribution in [0.3, 0.4) is 0 Å². The van der Waals surface area contributed by atoms with Gasteiger partial charge in [-0.3, -0.25) is 14.4 Å². The molecular formula is C12H17ClO7. The highest BCUT2D eigenvalue weighted by atomic mass is 35.5. The van der Waals surface area contributed by atoms with E-state index in [1.54, 1.807) is 0 Å². The molecule has 0 saturated carbocycles. The monoisotopic (exact) mass is 308 g/mol. The Morgan fingerprint density at radius 1 is 0.900 bits per heavy atom. The number of hydrogen-bond donors (Lipinski definition) is 3. The minimum Gasteiger partial charge on any atom is -0.388 e. The molecule has 1 aliphatic rings. The maximum absolute atomic E-state index is 11.9. The number of aliphatic hydroxyl groups is 3. The van der Waals surface area contributed by atoms with Crippen molar-refractivity contribution in [3.8, 4) is 0 Å². The van der Waals surface area contributed by atoms with E-state index in [9.17, 15) is 29.7 Å². The summed E-state index contributed by atoms with van der Waals surface area (Å²) in [7, 11) is 0. The highest BCUT2D eigenvalue weighted by molar-refractivity contribution is 6.24. The lowest BCUT2D eigenvalue weighted by Gasteiger charge is -2.44. The zero-order valence-corrected chi connectivity index (χ0v) is 12.0. The van der Waals surface area contributed by atoms with Crippen LogP contribution in [0.25, 0.3) is 0 Å². The van der Waals surface area contributed by atoms with Crippen molar-refractivity contribution in [2.45, 2.75) is 50.8 Å². The van der Waals surface area contributed by atoms with E-state index in [1.165, 1.54) is 0 Å². The van der Waals surface area contributed by atoms with Gasteiger partial charge in [0.15, 0.2) is 28.3 Å². The molecule has 3 N–H and O–H groups in total. The van der Waals surface area contributed by atoms with Crippen LogP contribution in [-0.4, -0.2) is 62.6 Å². The summed E-state index contributed by atoms with van der Waals surface area (Å²) in [6.07, 6.45) is -6.81. The van der Waals surface area contributed by atoms with Crippen molar-refractivity contribution < 1.29 is 34.4 Å². The van der Waals surface area contributed by atoms with E-state index in [4.69, 9.17) is 16.3 Å². The van der Waals surface area contributed by atoms with Crippen LogP contribution in [0, 0.1) is 5.41 Å². The fraction of sp³-hybridized carbons (Fsp3) is 0.750. The predicted octanol–water partition coefficient (Wildman–Crippen LogP) is -1.21. The Morgan fingerprint density at radius 3 is 1.65 bits per heavy atom. The van der Waals surface area contributed by atoms with Crippen molar-refractivity contribution in [2.75, 3.05) is 0 Å². The Morgan fingerprint density at radius 2 is 1.30 bits per heavy atom. The van der Waals surface area contributed by atoms with E-state index in [-0.39, 0.29) is 0 Å². The lowest BCUT2D eigenvalue weighted by atomic mass is 9.68. The van der Waals surface area contributed by atoms with Gasteiger partial charge in [-0.05, 0) is 20.8 Å². The molecule has 20 heavy (non-hydrogen) atoms. The molecular weight excluding hydrogens is 292 g/mol. The van der Waals surface area contributed by atoms with Gasteiger partial charge in [-0.2, -0.15) is 0 Å². The van der Waals surface area contributed by atoms with Crippen LogP contribution in [0.5, 0.6) is 0 Å². The van der Waals surface area contributed by atoms with Crippen molar-refractivity contribution in [1.29, 1.82) is 0 Å². The number of halogens is 1. The average Bonchev–Trinajstić information content (AvgIpc) is 2.32. The van der Waals surface area contributed by atoms with E-state index < -0.39 is 52.7 Å². The molecule has 8 heteroatoms.